The summed E-state index contributed by atoms with van der Waals surface area (Å²) >= 11 is 4.91. The summed E-state index contributed by atoms with van der Waals surface area (Å²) in [6.07, 6.45) is 1.48. The molecule has 1 aromatic rings. The third-order valence-electron chi connectivity index (χ3n) is 3.08. The SMILES string of the molecule is O=S(=O)(NC1CCSCC1)c1cc(Br)cc(CO)c1F. The van der Waals surface area contributed by atoms with Crippen molar-refractivity contribution in [2.24, 2.45) is 0 Å². The number of hydrogen-bond acceptors (Lipinski definition) is 4. The van der Waals surface area contributed by atoms with E-state index in [4.69, 9.17) is 5.11 Å². The largest absolute Gasteiger partial charge is 0.392 e. The van der Waals surface area contributed by atoms with Crippen LogP contribution < -0.4 is 4.72 Å². The number of sulfonamides is 1. The number of benzene rings is 1. The van der Waals surface area contributed by atoms with E-state index in [0.29, 0.717) is 4.47 Å². The molecule has 0 radical (unpaired) electrons. The van der Waals surface area contributed by atoms with Gasteiger partial charge < -0.3 is 5.11 Å². The van der Waals surface area contributed by atoms with Crippen molar-refractivity contribution in [3.05, 3.63) is 28.0 Å². The summed E-state index contributed by atoms with van der Waals surface area (Å²) in [6, 6.07) is 2.43. The first kappa shape index (κ1) is 16.2. The highest BCUT2D eigenvalue weighted by molar-refractivity contribution is 9.10. The van der Waals surface area contributed by atoms with Crippen LogP contribution in [0.25, 0.3) is 0 Å². The third-order valence-corrected chi connectivity index (χ3v) is 6.11. The molecular weight excluding hydrogens is 369 g/mol. The van der Waals surface area contributed by atoms with Crippen molar-refractivity contribution in [2.45, 2.75) is 30.4 Å². The number of hydrogen-bond donors (Lipinski definition) is 2. The highest BCUT2D eigenvalue weighted by Gasteiger charge is 2.26. The van der Waals surface area contributed by atoms with Crippen LogP contribution in [-0.4, -0.2) is 31.1 Å². The Bertz CT molecular complexity index is 589. The number of thioether (sulfide) groups is 1. The second-order valence-electron chi connectivity index (χ2n) is 4.54. The zero-order chi connectivity index (χ0) is 14.8. The van der Waals surface area contributed by atoms with Crippen LogP contribution in [0, 0.1) is 5.82 Å². The van der Waals surface area contributed by atoms with Gasteiger partial charge in [0.1, 0.15) is 10.7 Å². The molecule has 0 saturated carbocycles. The van der Waals surface area contributed by atoms with E-state index >= 15 is 0 Å². The zero-order valence-corrected chi connectivity index (χ0v) is 13.8. The number of aliphatic hydroxyl groups is 1. The number of nitrogens with one attached hydrogen (secondary N) is 1. The van der Waals surface area contributed by atoms with Gasteiger partial charge >= 0.3 is 0 Å². The molecule has 2 rings (SSSR count). The first-order chi connectivity index (χ1) is 9.44. The smallest absolute Gasteiger partial charge is 0.243 e. The van der Waals surface area contributed by atoms with Crippen molar-refractivity contribution < 1.29 is 17.9 Å². The fourth-order valence-electron chi connectivity index (χ4n) is 2.03. The zero-order valence-electron chi connectivity index (χ0n) is 10.6. The van der Waals surface area contributed by atoms with E-state index in [1.54, 1.807) is 11.8 Å². The molecule has 1 aliphatic heterocycles. The molecule has 0 aromatic heterocycles. The normalized spacial score (nSPS) is 17.4. The van der Waals surface area contributed by atoms with E-state index in [1.165, 1.54) is 12.1 Å². The van der Waals surface area contributed by atoms with E-state index in [2.05, 4.69) is 20.7 Å². The van der Waals surface area contributed by atoms with E-state index in [1.807, 2.05) is 0 Å². The minimum atomic E-state index is -3.92. The number of halogens is 2. The Morgan fingerprint density at radius 1 is 1.40 bits per heavy atom. The topological polar surface area (TPSA) is 66.4 Å². The standard InChI is InChI=1S/C12H15BrFNO3S2/c13-9-5-8(7-16)12(14)11(6-9)20(17,18)15-10-1-3-19-4-2-10/h5-6,10,15-16H,1-4,7H2. The van der Waals surface area contributed by atoms with Gasteiger partial charge in [-0.15, -0.1) is 0 Å². The summed E-state index contributed by atoms with van der Waals surface area (Å²) in [5, 5.41) is 9.08. The lowest BCUT2D eigenvalue weighted by Crippen LogP contribution is -2.37. The molecule has 0 amide bonds. The second kappa shape index (κ2) is 6.74. The number of aliphatic hydroxyl groups excluding tert-OH is 1. The lowest BCUT2D eigenvalue weighted by Gasteiger charge is -2.22. The van der Waals surface area contributed by atoms with Gasteiger partial charge in [-0.3, -0.25) is 0 Å². The molecule has 1 fully saturated rings. The summed E-state index contributed by atoms with van der Waals surface area (Å²) in [5.74, 6) is 0.903. The highest BCUT2D eigenvalue weighted by Crippen LogP contribution is 2.25. The Morgan fingerprint density at radius 2 is 2.05 bits per heavy atom. The lowest BCUT2D eigenvalue weighted by atomic mass is 10.2. The van der Waals surface area contributed by atoms with Crippen LogP contribution in [0.3, 0.4) is 0 Å². The Kier molecular flexibility index (Phi) is 5.47. The summed E-state index contributed by atoms with van der Waals surface area (Å²) in [5.41, 5.74) is -0.0426. The van der Waals surface area contributed by atoms with Crippen molar-refractivity contribution >= 4 is 37.7 Å². The van der Waals surface area contributed by atoms with Crippen molar-refractivity contribution in [1.82, 2.24) is 4.72 Å². The summed E-state index contributed by atoms with van der Waals surface area (Å²) in [4.78, 5) is -0.422. The van der Waals surface area contributed by atoms with Crippen LogP contribution >= 0.6 is 27.7 Å². The molecule has 0 atom stereocenters. The molecule has 0 spiro atoms. The molecule has 0 unspecified atom stereocenters. The Labute approximate surface area is 130 Å². The van der Waals surface area contributed by atoms with Crippen molar-refractivity contribution in [2.75, 3.05) is 11.5 Å². The Morgan fingerprint density at radius 3 is 2.65 bits per heavy atom. The summed E-state index contributed by atoms with van der Waals surface area (Å²) < 4.78 is 41.6. The molecule has 2 N–H and O–H groups in total. The van der Waals surface area contributed by atoms with E-state index in [9.17, 15) is 12.8 Å². The monoisotopic (exact) mass is 383 g/mol. The third kappa shape index (κ3) is 3.73. The number of rotatable bonds is 4. The predicted octanol–water partition coefficient (Wildman–Crippen LogP) is 2.25. The minimum Gasteiger partial charge on any atom is -0.392 e. The average molecular weight is 384 g/mol. The average Bonchev–Trinajstić information content (AvgIpc) is 2.41. The molecule has 1 aliphatic rings. The Hall–Kier alpha value is -0.150. The molecule has 0 aliphatic carbocycles. The van der Waals surface area contributed by atoms with Gasteiger partial charge in [0.05, 0.1) is 6.61 Å². The van der Waals surface area contributed by atoms with E-state index < -0.39 is 27.3 Å². The fourth-order valence-corrected chi connectivity index (χ4v) is 5.24. The molecular formula is C12H15BrFNO3S2. The highest BCUT2D eigenvalue weighted by atomic mass is 79.9. The Balaban J connectivity index is 2.31. The minimum absolute atomic E-state index is 0.0426. The van der Waals surface area contributed by atoms with Crippen LogP contribution in [0.5, 0.6) is 0 Å². The maximum absolute atomic E-state index is 14.1. The molecule has 8 heteroatoms. The second-order valence-corrected chi connectivity index (χ2v) is 8.37. The van der Waals surface area contributed by atoms with Crippen LogP contribution in [0.1, 0.15) is 18.4 Å². The van der Waals surface area contributed by atoms with Crippen molar-refractivity contribution in [3.63, 3.8) is 0 Å². The van der Waals surface area contributed by atoms with Gasteiger partial charge in [0, 0.05) is 16.1 Å². The predicted molar refractivity (Wildman–Crippen MR) is 80.7 cm³/mol. The van der Waals surface area contributed by atoms with E-state index in [0.717, 1.165) is 24.3 Å². The molecule has 0 bridgehead atoms. The van der Waals surface area contributed by atoms with Gasteiger partial charge in [0.15, 0.2) is 0 Å². The van der Waals surface area contributed by atoms with Crippen LogP contribution in [-0.2, 0) is 16.6 Å². The quantitative estimate of drug-likeness (QED) is 0.836. The van der Waals surface area contributed by atoms with Gasteiger partial charge in [0.2, 0.25) is 10.0 Å². The summed E-state index contributed by atoms with van der Waals surface area (Å²) in [6.45, 7) is -0.548. The first-order valence-electron chi connectivity index (χ1n) is 6.13. The van der Waals surface area contributed by atoms with Crippen LogP contribution in [0.2, 0.25) is 0 Å². The lowest BCUT2D eigenvalue weighted by molar-refractivity contribution is 0.274. The maximum atomic E-state index is 14.1. The van der Waals surface area contributed by atoms with Gasteiger partial charge in [-0.25, -0.2) is 17.5 Å². The van der Waals surface area contributed by atoms with Gasteiger partial charge in [-0.1, -0.05) is 15.9 Å². The molecule has 20 heavy (non-hydrogen) atoms. The van der Waals surface area contributed by atoms with Crippen LogP contribution in [0.4, 0.5) is 4.39 Å². The van der Waals surface area contributed by atoms with Crippen molar-refractivity contribution in [1.29, 1.82) is 0 Å². The fraction of sp³-hybridized carbons (Fsp3) is 0.500. The van der Waals surface area contributed by atoms with Gasteiger partial charge in [0.25, 0.3) is 0 Å². The molecule has 1 heterocycles. The molecule has 4 nitrogen and oxygen atoms in total. The van der Waals surface area contributed by atoms with Crippen LogP contribution in [0.15, 0.2) is 21.5 Å². The molecule has 1 aromatic carbocycles. The molecule has 112 valence electrons. The first-order valence-corrected chi connectivity index (χ1v) is 9.56. The van der Waals surface area contributed by atoms with Gasteiger partial charge in [-0.2, -0.15) is 11.8 Å². The molecule has 1 saturated heterocycles. The van der Waals surface area contributed by atoms with Gasteiger partial charge in [-0.05, 0) is 36.5 Å². The maximum Gasteiger partial charge on any atom is 0.243 e. The van der Waals surface area contributed by atoms with E-state index in [-0.39, 0.29) is 11.6 Å². The van der Waals surface area contributed by atoms with Crippen molar-refractivity contribution in [3.8, 4) is 0 Å². The summed E-state index contributed by atoms with van der Waals surface area (Å²) in [7, 11) is -3.92.